The number of hydrogen-bond donors (Lipinski definition) is 4. The highest BCUT2D eigenvalue weighted by Crippen LogP contribution is 2.51. The van der Waals surface area contributed by atoms with Crippen LogP contribution < -0.4 is 43.1 Å². The number of aliphatic hydroxyl groups is 1. The highest BCUT2D eigenvalue weighted by molar-refractivity contribution is 6.20. The molecule has 29 heteroatoms. The Labute approximate surface area is 813 Å². The van der Waals surface area contributed by atoms with Crippen LogP contribution in [0.3, 0.4) is 0 Å². The molecule has 9 aromatic carbocycles. The van der Waals surface area contributed by atoms with E-state index in [9.17, 15) is 49.2 Å². The van der Waals surface area contributed by atoms with Crippen molar-refractivity contribution < 1.29 is 82.4 Å². The first kappa shape index (κ1) is 93.3. The second-order valence-corrected chi connectivity index (χ2v) is 36.6. The monoisotopic (exact) mass is 1920 g/mol. The molecule has 12 aliphatic rings. The molecule has 9 aliphatic heterocycles. The summed E-state index contributed by atoms with van der Waals surface area (Å²) in [5.74, 6) is 2.96. The summed E-state index contributed by atoms with van der Waals surface area (Å²) in [6, 6.07) is 37.4. The van der Waals surface area contributed by atoms with Crippen molar-refractivity contribution in [2.75, 3.05) is 126 Å². The summed E-state index contributed by atoms with van der Waals surface area (Å²) in [7, 11) is 4.57. The zero-order valence-electron chi connectivity index (χ0n) is 76.6. The van der Waals surface area contributed by atoms with E-state index in [2.05, 4.69) is 77.9 Å². The zero-order chi connectivity index (χ0) is 95.5. The van der Waals surface area contributed by atoms with Gasteiger partial charge in [-0.05, 0) is 129 Å². The highest BCUT2D eigenvalue weighted by atomic mass is 35.5. The summed E-state index contributed by atoms with van der Waals surface area (Å²) in [6.07, 6.45) is 35.8. The van der Waals surface area contributed by atoms with Gasteiger partial charge in [-0.1, -0.05) is 146 Å². The minimum absolute atomic E-state index is 0.0152. The van der Waals surface area contributed by atoms with Crippen molar-refractivity contribution in [3.8, 4) is 51.7 Å². The molecule has 0 unspecified atom stereocenters. The Hall–Kier alpha value is -13.8. The van der Waals surface area contributed by atoms with Gasteiger partial charge in [-0.2, -0.15) is 0 Å². The summed E-state index contributed by atoms with van der Waals surface area (Å²) in [5.41, 5.74) is 15.2. The zero-order valence-corrected chi connectivity index (χ0v) is 78.8. The number of alkyl halides is 3. The first-order chi connectivity index (χ1) is 67.3. The van der Waals surface area contributed by atoms with Crippen LogP contribution in [-0.4, -0.2) is 225 Å². The van der Waals surface area contributed by atoms with E-state index in [1.807, 2.05) is 101 Å². The van der Waals surface area contributed by atoms with Gasteiger partial charge >= 0.3 is 0 Å². The van der Waals surface area contributed by atoms with E-state index in [0.717, 1.165) is 75.7 Å². The van der Waals surface area contributed by atoms with Crippen molar-refractivity contribution in [1.82, 2.24) is 14.7 Å². The smallest absolute Gasteiger partial charge is 0.257 e. The van der Waals surface area contributed by atoms with Gasteiger partial charge in [0.05, 0.1) is 129 Å². The number of aliphatic imine (C=N–C) groups is 3. The maximum absolute atomic E-state index is 13.6. The van der Waals surface area contributed by atoms with E-state index in [0.29, 0.717) is 160 Å². The van der Waals surface area contributed by atoms with E-state index < -0.39 is 6.10 Å². The fourth-order valence-corrected chi connectivity index (χ4v) is 21.3. The van der Waals surface area contributed by atoms with Crippen molar-refractivity contribution in [3.05, 3.63) is 267 Å². The SMILES string of the molecule is COc1cc2c(cc1OCCCC(=O)N1C[C@@H](CCl)c3c1cc(O)c1ccccc31)N=C[C@@H]1CC(C3=CCC=C3)=CCN1C2=O.COc1cc2c(cc1OCCOCCC(=O)N1C[C@@H](CCl)c3c1cc(O)c1ccccc31)N=C[C@@H]1CC(C3=CCC=C3)=CCN1C2=O.COc1cc2c(cc1OC[C@@H](O)CC(=O)N1C[C@@H](CCl)c3c1cc(O)c1ccccc31)N=C[C@@H]1CC(C3=CCC=C3)=CCN1C2=O. The van der Waals surface area contributed by atoms with Crippen LogP contribution >= 0.6 is 34.8 Å². The van der Waals surface area contributed by atoms with Crippen LogP contribution in [0.4, 0.5) is 34.1 Å². The number of aliphatic hydroxyl groups excluding tert-OH is 1. The number of phenolic OH excluding ortho intramolecular Hbond substituents is 3. The Morgan fingerprint density at radius 2 is 0.761 bits per heavy atom. The number of methoxy groups -OCH3 is 3. The van der Waals surface area contributed by atoms with E-state index >= 15 is 0 Å². The van der Waals surface area contributed by atoms with Gasteiger partial charge in [0, 0.05) is 152 Å². The molecule has 6 amide bonds. The number of anilines is 3. The number of aromatic hydroxyl groups is 3. The molecule has 138 heavy (non-hydrogen) atoms. The molecule has 21 rings (SSSR count). The molecule has 0 saturated carbocycles. The summed E-state index contributed by atoms with van der Waals surface area (Å²) >= 11 is 19.0. The number of halogens is 3. The van der Waals surface area contributed by atoms with Crippen molar-refractivity contribution >= 4 is 155 Å². The second kappa shape index (κ2) is 40.9. The fourth-order valence-electron chi connectivity index (χ4n) is 20.5. The number of fused-ring (bicyclic) bond motifs is 15. The van der Waals surface area contributed by atoms with Crippen molar-refractivity contribution in [2.45, 2.75) is 106 Å². The standard InChI is InChI=1S/C37H36ClN3O6.C36H34ClN3O6.C36H34ClN3O5/c1-45-33-17-29-30(39-21-26-16-24(23-6-2-3-7-23)10-12-40(26)37(29)44)18-34(33)47-15-14-46-13-11-35(43)41-22-25(20-38)36-28-9-5-4-8-27(28)32(42)19-31(36)41;1-45-32-14-28-29(38-18-24-12-22(21-6-2-3-7-21)10-11-39(24)36(28)44)15-33(32)46-20-25(41)13-34(43)40-19-23(17-37)35-27-9-5-4-8-26(27)31(42)16-30(35)40;1-44-32-16-28-29(38-20-25-15-23(22-7-2-3-8-22)12-13-39(25)36(28)43)17-33(32)45-14-6-11-34(42)40-21-24(19-37)35-27-10-5-4-9-26(27)31(41)18-30(35)40/h2,4-10,17-19,21,25-26,42H,3,11-16,20,22H2,1H3;2,4-10,14-16,18,23-25,41-42H,3,11-13,17,19-20H2,1H3;2,4-5,7-10,12,16-18,20,24-25,41H,3,6,11,13-15,19,21H2,1H3/t25-,26+;23-,24+,25+;24-,25+/m111/s1. The van der Waals surface area contributed by atoms with Crippen molar-refractivity contribution in [3.63, 3.8) is 0 Å². The van der Waals surface area contributed by atoms with E-state index in [1.165, 1.54) is 47.7 Å². The van der Waals surface area contributed by atoms with Gasteiger partial charge in [-0.15, -0.1) is 34.8 Å². The third-order valence-electron chi connectivity index (χ3n) is 27.5. The largest absolute Gasteiger partial charge is 0.507 e. The van der Waals surface area contributed by atoms with Crippen molar-refractivity contribution in [1.29, 1.82) is 0 Å². The number of nitrogens with zero attached hydrogens (tertiary/aromatic N) is 9. The molecule has 0 aromatic heterocycles. The lowest BCUT2D eigenvalue weighted by Gasteiger charge is -2.32. The Bertz CT molecular complexity index is 6830. The first-order valence-corrected chi connectivity index (χ1v) is 48.3. The average molecular weight is 1920 g/mol. The van der Waals surface area contributed by atoms with Gasteiger partial charge in [0.15, 0.2) is 34.5 Å². The molecule has 26 nitrogen and oxygen atoms in total. The summed E-state index contributed by atoms with van der Waals surface area (Å²) in [4.78, 5) is 105. The first-order valence-electron chi connectivity index (χ1n) is 46.7. The molecule has 0 fully saturated rings. The molecule has 9 heterocycles. The Kier molecular flexibility index (Phi) is 27.6. The number of carbonyl (C=O) groups is 6. The second-order valence-electron chi connectivity index (χ2n) is 35.7. The number of hydrogen-bond acceptors (Lipinski definition) is 20. The Morgan fingerprint density at radius 3 is 1.12 bits per heavy atom. The maximum Gasteiger partial charge on any atom is 0.257 e. The number of phenols is 3. The molecule has 0 radical (unpaired) electrons. The molecule has 7 atom stereocenters. The molecule has 9 aromatic rings. The third kappa shape index (κ3) is 18.5. The predicted molar refractivity (Wildman–Crippen MR) is 538 cm³/mol. The lowest BCUT2D eigenvalue weighted by molar-refractivity contribution is -0.121. The van der Waals surface area contributed by atoms with Gasteiger partial charge in [-0.3, -0.25) is 43.7 Å². The topological polar surface area (TPSA) is 304 Å². The lowest BCUT2D eigenvalue weighted by atomic mass is 9.94. The van der Waals surface area contributed by atoms with Gasteiger partial charge in [0.25, 0.3) is 17.7 Å². The van der Waals surface area contributed by atoms with Crippen LogP contribution in [0.25, 0.3) is 32.3 Å². The lowest BCUT2D eigenvalue weighted by Crippen LogP contribution is -2.43. The third-order valence-corrected chi connectivity index (χ3v) is 28.6. The van der Waals surface area contributed by atoms with Crippen LogP contribution in [-0.2, 0) is 19.1 Å². The normalized spacial score (nSPS) is 20.1. The van der Waals surface area contributed by atoms with Crippen LogP contribution in [0.5, 0.6) is 51.7 Å². The molecule has 708 valence electrons. The molecule has 0 bridgehead atoms. The number of rotatable bonds is 26. The van der Waals surface area contributed by atoms with Gasteiger partial charge < -0.3 is 83.0 Å². The molecule has 3 aliphatic carbocycles. The molecular formula is C109H104Cl3N9O17. The number of carbonyl (C=O) groups excluding carboxylic acids is 6. The van der Waals surface area contributed by atoms with Gasteiger partial charge in [-0.25, -0.2) is 0 Å². The summed E-state index contributed by atoms with van der Waals surface area (Å²) in [6.45, 7) is 3.56. The summed E-state index contributed by atoms with van der Waals surface area (Å²) in [5, 5.41) is 47.8. The van der Waals surface area contributed by atoms with Crippen molar-refractivity contribution in [2.24, 2.45) is 15.0 Å². The fraction of sp³-hybridized carbons (Fsp3) is 0.312. The van der Waals surface area contributed by atoms with Crippen LogP contribution in [0.2, 0.25) is 0 Å². The quantitative estimate of drug-likeness (QED) is 0.0289. The molecule has 0 saturated heterocycles. The van der Waals surface area contributed by atoms with Crippen LogP contribution in [0, 0.1) is 0 Å². The minimum Gasteiger partial charge on any atom is -0.507 e. The van der Waals surface area contributed by atoms with E-state index in [-0.39, 0.29) is 141 Å². The van der Waals surface area contributed by atoms with Crippen LogP contribution in [0.15, 0.2) is 249 Å². The maximum atomic E-state index is 13.6. The Morgan fingerprint density at radius 1 is 0.413 bits per heavy atom. The van der Waals surface area contributed by atoms with Gasteiger partial charge in [0.2, 0.25) is 17.7 Å². The summed E-state index contributed by atoms with van der Waals surface area (Å²) < 4.78 is 40.6. The average Bonchev–Trinajstić information content (AvgIpc) is 1.60. The number of amides is 6. The van der Waals surface area contributed by atoms with Gasteiger partial charge in [0.1, 0.15) is 30.5 Å². The van der Waals surface area contributed by atoms with E-state index in [1.54, 1.807) is 81.3 Å². The molecular weight excluding hydrogens is 1810 g/mol. The minimum atomic E-state index is -1.13. The molecule has 0 spiro atoms. The predicted octanol–water partition coefficient (Wildman–Crippen LogP) is 19.1. The number of benzene rings is 9. The highest BCUT2D eigenvalue weighted by Gasteiger charge is 2.42. The molecule has 4 N–H and O–H groups in total. The number of ether oxygens (including phenoxy) is 7. The van der Waals surface area contributed by atoms with Crippen LogP contribution in [0.1, 0.15) is 130 Å². The number of allylic oxidation sites excluding steroid dienone is 12. The van der Waals surface area contributed by atoms with E-state index in [4.69, 9.17) is 77.9 Å². The Balaban J connectivity index is 0.000000132.